The first-order chi connectivity index (χ1) is 5.54. The number of nitrogens with two attached hydrogens (primary N) is 1. The Morgan fingerprint density at radius 2 is 2.17 bits per heavy atom. The van der Waals surface area contributed by atoms with Gasteiger partial charge in [0.05, 0.1) is 0 Å². The highest BCUT2D eigenvalue weighted by atomic mass is 16.2. The molecule has 2 amide bonds. The van der Waals surface area contributed by atoms with E-state index in [4.69, 9.17) is 5.73 Å². The number of carbonyl (C=O) groups is 1. The molecule has 0 aromatic carbocycles. The molecule has 0 spiro atoms. The number of hydrogen-bond acceptors (Lipinski definition) is 2. The Balaban J connectivity index is 2.59. The predicted octanol–water partition coefficient (Wildman–Crippen LogP) is 0.0895. The molecular formula is C8H17N3O. The smallest absolute Gasteiger partial charge is 0.319 e. The Morgan fingerprint density at radius 3 is 2.50 bits per heavy atom. The third-order valence-electron chi connectivity index (χ3n) is 2.44. The van der Waals surface area contributed by atoms with Gasteiger partial charge < -0.3 is 15.5 Å². The lowest BCUT2D eigenvalue weighted by atomic mass is 10.2. The Hall–Kier alpha value is -0.770. The molecule has 1 aliphatic heterocycles. The summed E-state index contributed by atoms with van der Waals surface area (Å²) in [5, 5.41) is 0. The van der Waals surface area contributed by atoms with Crippen LogP contribution in [0.1, 0.15) is 13.3 Å². The zero-order valence-electron chi connectivity index (χ0n) is 7.95. The number of carbonyl (C=O) groups excluding carboxylic acids is 1. The fraction of sp³-hybridized carbons (Fsp3) is 0.875. The third-order valence-corrected chi connectivity index (χ3v) is 2.44. The highest BCUT2D eigenvalue weighted by molar-refractivity contribution is 5.74. The van der Waals surface area contributed by atoms with Gasteiger partial charge in [-0.3, -0.25) is 0 Å². The van der Waals surface area contributed by atoms with Gasteiger partial charge in [0.25, 0.3) is 0 Å². The summed E-state index contributed by atoms with van der Waals surface area (Å²) in [6.07, 6.45) is 0.917. The van der Waals surface area contributed by atoms with E-state index in [-0.39, 0.29) is 18.1 Å². The summed E-state index contributed by atoms with van der Waals surface area (Å²) < 4.78 is 0. The number of likely N-dealkylation sites (tertiary alicyclic amines) is 1. The Labute approximate surface area is 73.3 Å². The molecule has 1 saturated heterocycles. The normalized spacial score (nSPS) is 29.2. The van der Waals surface area contributed by atoms with Crippen molar-refractivity contribution in [3.8, 4) is 0 Å². The van der Waals surface area contributed by atoms with Crippen LogP contribution in [0, 0.1) is 0 Å². The molecule has 1 heterocycles. The minimum atomic E-state index is 0.0652. The number of amides is 2. The lowest BCUT2D eigenvalue weighted by Gasteiger charge is -2.26. The Morgan fingerprint density at radius 1 is 1.58 bits per heavy atom. The minimum Gasteiger partial charge on any atom is -0.331 e. The molecule has 0 bridgehead atoms. The van der Waals surface area contributed by atoms with Crippen molar-refractivity contribution in [1.82, 2.24) is 9.80 Å². The van der Waals surface area contributed by atoms with E-state index in [1.165, 1.54) is 0 Å². The molecule has 4 heteroatoms. The first kappa shape index (κ1) is 9.32. The van der Waals surface area contributed by atoms with Crippen LogP contribution in [0.3, 0.4) is 0 Å². The molecule has 1 rings (SSSR count). The second kappa shape index (κ2) is 3.31. The largest absolute Gasteiger partial charge is 0.331 e. The molecule has 0 saturated carbocycles. The van der Waals surface area contributed by atoms with Gasteiger partial charge in [0.2, 0.25) is 0 Å². The van der Waals surface area contributed by atoms with Gasteiger partial charge >= 0.3 is 6.03 Å². The Bertz CT molecular complexity index is 181. The van der Waals surface area contributed by atoms with Gasteiger partial charge in [-0.25, -0.2) is 4.79 Å². The van der Waals surface area contributed by atoms with Crippen molar-refractivity contribution in [3.63, 3.8) is 0 Å². The monoisotopic (exact) mass is 171 g/mol. The molecule has 12 heavy (non-hydrogen) atoms. The van der Waals surface area contributed by atoms with Gasteiger partial charge in [0.15, 0.2) is 0 Å². The van der Waals surface area contributed by atoms with Gasteiger partial charge in [-0.05, 0) is 13.3 Å². The van der Waals surface area contributed by atoms with Crippen molar-refractivity contribution < 1.29 is 4.79 Å². The summed E-state index contributed by atoms with van der Waals surface area (Å²) in [6, 6.07) is 0.393. The van der Waals surface area contributed by atoms with E-state index < -0.39 is 0 Å². The molecule has 0 aliphatic carbocycles. The second-order valence-corrected chi connectivity index (χ2v) is 3.56. The SMILES string of the molecule is CC1C(N)CCN1C(=O)N(C)C. The van der Waals surface area contributed by atoms with Crippen LogP contribution in [-0.2, 0) is 0 Å². The number of urea groups is 1. The average molecular weight is 171 g/mol. The molecule has 2 unspecified atom stereocenters. The first-order valence-electron chi connectivity index (χ1n) is 4.27. The molecule has 2 atom stereocenters. The average Bonchev–Trinajstić information content (AvgIpc) is 2.32. The first-order valence-corrected chi connectivity index (χ1v) is 4.27. The van der Waals surface area contributed by atoms with Crippen LogP contribution in [0.5, 0.6) is 0 Å². The van der Waals surface area contributed by atoms with Gasteiger partial charge in [-0.15, -0.1) is 0 Å². The lowest BCUT2D eigenvalue weighted by Crippen LogP contribution is -2.44. The maximum atomic E-state index is 11.5. The van der Waals surface area contributed by atoms with Crippen LogP contribution < -0.4 is 5.73 Å². The second-order valence-electron chi connectivity index (χ2n) is 3.56. The van der Waals surface area contributed by atoms with Gasteiger partial charge in [0.1, 0.15) is 0 Å². The van der Waals surface area contributed by atoms with Crippen molar-refractivity contribution in [2.45, 2.75) is 25.4 Å². The zero-order valence-corrected chi connectivity index (χ0v) is 7.95. The van der Waals surface area contributed by atoms with Crippen LogP contribution in [0.2, 0.25) is 0 Å². The van der Waals surface area contributed by atoms with Crippen LogP contribution in [0.4, 0.5) is 4.79 Å². The number of rotatable bonds is 0. The van der Waals surface area contributed by atoms with Crippen LogP contribution in [-0.4, -0.2) is 48.6 Å². The van der Waals surface area contributed by atoms with E-state index in [0.29, 0.717) is 0 Å². The molecule has 0 aromatic rings. The van der Waals surface area contributed by atoms with Gasteiger partial charge in [-0.2, -0.15) is 0 Å². The quantitative estimate of drug-likeness (QED) is 0.561. The number of nitrogens with zero attached hydrogens (tertiary/aromatic N) is 2. The molecule has 1 aliphatic rings. The third kappa shape index (κ3) is 1.53. The van der Waals surface area contributed by atoms with Gasteiger partial charge in [0, 0.05) is 32.7 Å². The summed E-state index contributed by atoms with van der Waals surface area (Å²) in [5.74, 6) is 0. The minimum absolute atomic E-state index is 0.0652. The molecule has 2 N–H and O–H groups in total. The van der Waals surface area contributed by atoms with Crippen LogP contribution in [0.25, 0.3) is 0 Å². The van der Waals surface area contributed by atoms with E-state index in [9.17, 15) is 4.79 Å². The standard InChI is InChI=1S/C8H17N3O/c1-6-7(9)4-5-11(6)8(12)10(2)3/h6-7H,4-5,9H2,1-3H3. The summed E-state index contributed by atoms with van der Waals surface area (Å²) in [7, 11) is 3.53. The van der Waals surface area contributed by atoms with Crippen LogP contribution >= 0.6 is 0 Å². The fourth-order valence-electron chi connectivity index (χ4n) is 1.49. The van der Waals surface area contributed by atoms with E-state index in [0.717, 1.165) is 13.0 Å². The molecule has 1 fully saturated rings. The highest BCUT2D eigenvalue weighted by Gasteiger charge is 2.31. The van der Waals surface area contributed by atoms with E-state index in [2.05, 4.69) is 0 Å². The molecule has 70 valence electrons. The summed E-state index contributed by atoms with van der Waals surface area (Å²) in [5.41, 5.74) is 5.79. The fourth-order valence-corrected chi connectivity index (χ4v) is 1.49. The molecule has 0 aromatic heterocycles. The van der Waals surface area contributed by atoms with Crippen molar-refractivity contribution >= 4 is 6.03 Å². The maximum absolute atomic E-state index is 11.5. The maximum Gasteiger partial charge on any atom is 0.319 e. The zero-order chi connectivity index (χ0) is 9.30. The summed E-state index contributed by atoms with van der Waals surface area (Å²) in [6.45, 7) is 2.79. The van der Waals surface area contributed by atoms with E-state index in [1.807, 2.05) is 11.8 Å². The molecule has 0 radical (unpaired) electrons. The van der Waals surface area contributed by atoms with E-state index in [1.54, 1.807) is 19.0 Å². The number of hydrogen-bond donors (Lipinski definition) is 1. The summed E-state index contributed by atoms with van der Waals surface area (Å²) in [4.78, 5) is 14.9. The van der Waals surface area contributed by atoms with Gasteiger partial charge in [-0.1, -0.05) is 0 Å². The van der Waals surface area contributed by atoms with Crippen molar-refractivity contribution in [1.29, 1.82) is 0 Å². The highest BCUT2D eigenvalue weighted by Crippen LogP contribution is 2.16. The van der Waals surface area contributed by atoms with Crippen LogP contribution in [0.15, 0.2) is 0 Å². The summed E-state index contributed by atoms with van der Waals surface area (Å²) >= 11 is 0. The van der Waals surface area contributed by atoms with Crippen molar-refractivity contribution in [2.75, 3.05) is 20.6 Å². The molecule has 4 nitrogen and oxygen atoms in total. The van der Waals surface area contributed by atoms with Crippen molar-refractivity contribution in [2.24, 2.45) is 5.73 Å². The van der Waals surface area contributed by atoms with E-state index >= 15 is 0 Å². The topological polar surface area (TPSA) is 49.6 Å². The molecular weight excluding hydrogens is 154 g/mol. The lowest BCUT2D eigenvalue weighted by molar-refractivity contribution is 0.167. The van der Waals surface area contributed by atoms with Crippen molar-refractivity contribution in [3.05, 3.63) is 0 Å². The Kier molecular flexibility index (Phi) is 2.57. The predicted molar refractivity (Wildman–Crippen MR) is 47.8 cm³/mol.